The molecular formula is C24H31N3O5S. The van der Waals surface area contributed by atoms with Gasteiger partial charge in [0.25, 0.3) is 0 Å². The molecule has 1 saturated heterocycles. The van der Waals surface area contributed by atoms with Gasteiger partial charge in [0.05, 0.1) is 10.9 Å². The van der Waals surface area contributed by atoms with Gasteiger partial charge in [-0.15, -0.1) is 0 Å². The number of benzene rings is 2. The second-order valence-electron chi connectivity index (χ2n) is 8.46. The number of sulfonamides is 1. The highest BCUT2D eigenvalue weighted by Crippen LogP contribution is 2.24. The first-order valence-corrected chi connectivity index (χ1v) is 12.5. The van der Waals surface area contributed by atoms with Crippen LogP contribution in [0.2, 0.25) is 0 Å². The number of carbonyl (C=O) groups is 2. The first-order valence-electron chi connectivity index (χ1n) is 11.0. The molecular weight excluding hydrogens is 442 g/mol. The summed E-state index contributed by atoms with van der Waals surface area (Å²) in [6.45, 7) is 7.96. The Kier molecular flexibility index (Phi) is 7.76. The van der Waals surface area contributed by atoms with Crippen molar-refractivity contribution >= 4 is 27.5 Å². The molecule has 33 heavy (non-hydrogen) atoms. The van der Waals surface area contributed by atoms with E-state index in [-0.39, 0.29) is 22.8 Å². The van der Waals surface area contributed by atoms with E-state index in [0.29, 0.717) is 31.6 Å². The summed E-state index contributed by atoms with van der Waals surface area (Å²) in [6.07, 6.45) is 1.38. The molecule has 0 bridgehead atoms. The van der Waals surface area contributed by atoms with Gasteiger partial charge in [-0.25, -0.2) is 8.42 Å². The van der Waals surface area contributed by atoms with Gasteiger partial charge in [-0.3, -0.25) is 9.59 Å². The van der Waals surface area contributed by atoms with Crippen LogP contribution in [0.1, 0.15) is 37.8 Å². The normalized spacial score (nSPS) is 15.7. The van der Waals surface area contributed by atoms with Crippen molar-refractivity contribution in [1.29, 1.82) is 0 Å². The van der Waals surface area contributed by atoms with Crippen LogP contribution in [0.5, 0.6) is 5.75 Å². The monoisotopic (exact) mass is 473 g/mol. The maximum absolute atomic E-state index is 12.9. The zero-order valence-electron chi connectivity index (χ0n) is 19.4. The van der Waals surface area contributed by atoms with Crippen LogP contribution in [0.4, 0.5) is 5.69 Å². The minimum Gasteiger partial charge on any atom is -0.490 e. The van der Waals surface area contributed by atoms with Gasteiger partial charge in [-0.2, -0.15) is 4.72 Å². The predicted octanol–water partition coefficient (Wildman–Crippen LogP) is 3.00. The molecule has 3 rings (SSSR count). The fourth-order valence-electron chi connectivity index (χ4n) is 3.75. The minimum absolute atomic E-state index is 0.0173. The van der Waals surface area contributed by atoms with Crippen LogP contribution in [0.15, 0.2) is 47.4 Å². The third-order valence-corrected chi connectivity index (χ3v) is 7.13. The number of rotatable bonds is 7. The fraction of sp³-hybridized carbons (Fsp3) is 0.417. The van der Waals surface area contributed by atoms with Gasteiger partial charge < -0.3 is 15.0 Å². The third-order valence-electron chi connectivity index (χ3n) is 5.58. The van der Waals surface area contributed by atoms with E-state index < -0.39 is 16.1 Å². The van der Waals surface area contributed by atoms with Gasteiger partial charge in [-0.05, 0) is 62.2 Å². The van der Waals surface area contributed by atoms with E-state index in [1.54, 1.807) is 11.8 Å². The van der Waals surface area contributed by atoms with Crippen molar-refractivity contribution in [1.82, 2.24) is 9.62 Å². The molecule has 8 nitrogen and oxygen atoms in total. The van der Waals surface area contributed by atoms with E-state index in [2.05, 4.69) is 10.0 Å². The van der Waals surface area contributed by atoms with Crippen molar-refractivity contribution in [2.75, 3.05) is 18.4 Å². The maximum atomic E-state index is 12.9. The van der Waals surface area contributed by atoms with Crippen molar-refractivity contribution in [3.8, 4) is 5.75 Å². The number of amides is 2. The molecule has 0 aromatic heterocycles. The molecule has 0 aliphatic carbocycles. The molecule has 2 aromatic carbocycles. The fourth-order valence-corrected chi connectivity index (χ4v) is 4.95. The zero-order valence-corrected chi connectivity index (χ0v) is 20.2. The number of piperidine rings is 1. The minimum atomic E-state index is -3.88. The summed E-state index contributed by atoms with van der Waals surface area (Å²) in [7, 11) is -3.88. The molecule has 1 heterocycles. The lowest BCUT2D eigenvalue weighted by molar-refractivity contribution is -0.134. The van der Waals surface area contributed by atoms with E-state index >= 15 is 0 Å². The SMILES string of the molecule is CC(=O)Nc1ccc(S(=O)(=O)N[C@@H](C)C(=O)N2CCC(Oc3cc(C)ccc3C)CC2)cc1. The van der Waals surface area contributed by atoms with Crippen LogP contribution >= 0.6 is 0 Å². The summed E-state index contributed by atoms with van der Waals surface area (Å²) in [5.41, 5.74) is 2.71. The average Bonchev–Trinajstić information content (AvgIpc) is 2.76. The molecule has 9 heteroatoms. The Hall–Kier alpha value is -2.91. The molecule has 0 radical (unpaired) electrons. The first kappa shape index (κ1) is 24.7. The van der Waals surface area contributed by atoms with Gasteiger partial charge >= 0.3 is 0 Å². The van der Waals surface area contributed by atoms with Crippen molar-refractivity contribution in [2.24, 2.45) is 0 Å². The van der Waals surface area contributed by atoms with E-state index in [1.165, 1.54) is 31.2 Å². The van der Waals surface area contributed by atoms with Gasteiger partial charge in [0.1, 0.15) is 11.9 Å². The Morgan fingerprint density at radius 3 is 2.30 bits per heavy atom. The number of aryl methyl sites for hydroxylation is 2. The smallest absolute Gasteiger partial charge is 0.241 e. The summed E-state index contributed by atoms with van der Waals surface area (Å²) in [6, 6.07) is 11.0. The number of anilines is 1. The Labute approximate surface area is 195 Å². The second-order valence-corrected chi connectivity index (χ2v) is 10.2. The van der Waals surface area contributed by atoms with E-state index in [4.69, 9.17) is 4.74 Å². The lowest BCUT2D eigenvalue weighted by atomic mass is 10.1. The van der Waals surface area contributed by atoms with Crippen LogP contribution in [0.25, 0.3) is 0 Å². The van der Waals surface area contributed by atoms with Crippen LogP contribution in [-0.2, 0) is 19.6 Å². The highest BCUT2D eigenvalue weighted by atomic mass is 32.2. The maximum Gasteiger partial charge on any atom is 0.241 e. The van der Waals surface area contributed by atoms with Gasteiger partial charge in [0, 0.05) is 38.5 Å². The molecule has 2 N–H and O–H groups in total. The summed E-state index contributed by atoms with van der Waals surface area (Å²) in [5, 5.41) is 2.58. The highest BCUT2D eigenvalue weighted by molar-refractivity contribution is 7.89. The molecule has 2 amide bonds. The Bertz CT molecular complexity index is 1110. The van der Waals surface area contributed by atoms with Crippen molar-refractivity contribution in [3.63, 3.8) is 0 Å². The second kappa shape index (κ2) is 10.4. The number of hydrogen-bond donors (Lipinski definition) is 2. The Morgan fingerprint density at radius 1 is 1.06 bits per heavy atom. The molecule has 0 spiro atoms. The number of carbonyl (C=O) groups excluding carboxylic acids is 2. The Morgan fingerprint density at radius 2 is 1.70 bits per heavy atom. The molecule has 2 aromatic rings. The molecule has 0 saturated carbocycles. The van der Waals surface area contributed by atoms with E-state index in [0.717, 1.165) is 16.9 Å². The number of nitrogens with zero attached hydrogens (tertiary/aromatic N) is 1. The van der Waals surface area contributed by atoms with Gasteiger partial charge in [-0.1, -0.05) is 12.1 Å². The summed E-state index contributed by atoms with van der Waals surface area (Å²) < 4.78 is 34.0. The molecule has 1 aliphatic heterocycles. The summed E-state index contributed by atoms with van der Waals surface area (Å²) >= 11 is 0. The van der Waals surface area contributed by atoms with Crippen LogP contribution in [0.3, 0.4) is 0 Å². The van der Waals surface area contributed by atoms with E-state index in [9.17, 15) is 18.0 Å². The molecule has 1 fully saturated rings. The topological polar surface area (TPSA) is 105 Å². The molecule has 178 valence electrons. The third kappa shape index (κ3) is 6.55. The highest BCUT2D eigenvalue weighted by Gasteiger charge is 2.29. The molecule has 0 unspecified atom stereocenters. The summed E-state index contributed by atoms with van der Waals surface area (Å²) in [4.78, 5) is 25.7. The van der Waals surface area contributed by atoms with Crippen LogP contribution in [-0.4, -0.2) is 50.4 Å². The number of hydrogen-bond acceptors (Lipinski definition) is 5. The quantitative estimate of drug-likeness (QED) is 0.643. The number of likely N-dealkylation sites (tertiary alicyclic amines) is 1. The van der Waals surface area contributed by atoms with Gasteiger partial charge in [0.2, 0.25) is 21.8 Å². The molecule has 1 atom stereocenters. The summed E-state index contributed by atoms with van der Waals surface area (Å²) in [5.74, 6) is 0.357. The Balaban J connectivity index is 1.54. The first-order chi connectivity index (χ1) is 15.5. The number of nitrogens with one attached hydrogen (secondary N) is 2. The van der Waals surface area contributed by atoms with Crippen LogP contribution < -0.4 is 14.8 Å². The van der Waals surface area contributed by atoms with Crippen molar-refractivity contribution in [3.05, 3.63) is 53.6 Å². The largest absolute Gasteiger partial charge is 0.490 e. The van der Waals surface area contributed by atoms with Crippen molar-refractivity contribution in [2.45, 2.75) is 57.6 Å². The van der Waals surface area contributed by atoms with Gasteiger partial charge in [0.15, 0.2) is 0 Å². The van der Waals surface area contributed by atoms with Crippen LogP contribution in [0, 0.1) is 13.8 Å². The predicted molar refractivity (Wildman–Crippen MR) is 127 cm³/mol. The zero-order chi connectivity index (χ0) is 24.2. The lowest BCUT2D eigenvalue weighted by Gasteiger charge is -2.34. The standard InChI is InChI=1S/C24H31N3O5S/c1-16-5-6-17(2)23(15-16)32-21-11-13-27(14-12-21)24(29)18(3)26-33(30,31)22-9-7-20(8-10-22)25-19(4)28/h5-10,15,18,21,26H,11-14H2,1-4H3,(H,25,28)/t18-/m0/s1. The lowest BCUT2D eigenvalue weighted by Crippen LogP contribution is -2.50. The van der Waals surface area contributed by atoms with Crippen molar-refractivity contribution < 1.29 is 22.7 Å². The average molecular weight is 474 g/mol. The molecule has 1 aliphatic rings. The number of ether oxygens (including phenoxy) is 1. The van der Waals surface area contributed by atoms with E-state index in [1.807, 2.05) is 32.0 Å².